The fourth-order valence-corrected chi connectivity index (χ4v) is 4.18. The first-order valence-electron chi connectivity index (χ1n) is 11.1. The fourth-order valence-electron chi connectivity index (χ4n) is 4.18. The van der Waals surface area contributed by atoms with Gasteiger partial charge in [-0.2, -0.15) is 5.10 Å². The summed E-state index contributed by atoms with van der Waals surface area (Å²) in [5.74, 6) is 0.760. The second-order valence-electron chi connectivity index (χ2n) is 8.42. The minimum absolute atomic E-state index is 0.302. The first-order valence-corrected chi connectivity index (χ1v) is 11.1. The molecule has 1 amide bonds. The molecule has 2 heterocycles. The van der Waals surface area contributed by atoms with Crippen molar-refractivity contribution >= 4 is 5.91 Å². The highest BCUT2D eigenvalue weighted by atomic mass is 16.2. The van der Waals surface area contributed by atoms with Gasteiger partial charge in [-0.3, -0.25) is 9.48 Å². The van der Waals surface area contributed by atoms with Gasteiger partial charge in [0.25, 0.3) is 0 Å². The van der Waals surface area contributed by atoms with Crippen LogP contribution in [-0.4, -0.2) is 33.7 Å². The van der Waals surface area contributed by atoms with Gasteiger partial charge < -0.3 is 4.90 Å². The first kappa shape index (κ1) is 20.4. The Kier molecular flexibility index (Phi) is 6.32. The number of rotatable bonds is 6. The molecule has 1 aliphatic heterocycles. The lowest BCUT2D eigenvalue weighted by Crippen LogP contribution is -2.39. The monoisotopic (exact) mass is 401 g/mol. The molecule has 156 valence electrons. The van der Waals surface area contributed by atoms with E-state index < -0.39 is 0 Å². The predicted molar refractivity (Wildman–Crippen MR) is 122 cm³/mol. The van der Waals surface area contributed by atoms with Crippen molar-refractivity contribution in [3.63, 3.8) is 0 Å². The summed E-state index contributed by atoms with van der Waals surface area (Å²) in [5, 5.41) is 5.03. The number of nitrogens with zero attached hydrogens (tertiary/aromatic N) is 3. The highest BCUT2D eigenvalue weighted by molar-refractivity contribution is 5.76. The number of benzene rings is 2. The number of carbonyl (C=O) groups is 1. The van der Waals surface area contributed by atoms with Crippen molar-refractivity contribution in [2.45, 2.75) is 45.6 Å². The van der Waals surface area contributed by atoms with Crippen LogP contribution in [0.5, 0.6) is 0 Å². The molecule has 2 aromatic carbocycles. The quantitative estimate of drug-likeness (QED) is 0.522. The first-order chi connectivity index (χ1) is 14.7. The van der Waals surface area contributed by atoms with Crippen LogP contribution in [0.1, 0.15) is 45.6 Å². The van der Waals surface area contributed by atoms with Crippen LogP contribution in [-0.2, 0) is 4.79 Å². The molecule has 1 fully saturated rings. The minimum atomic E-state index is 0.302. The van der Waals surface area contributed by atoms with Crippen LogP contribution in [0.4, 0.5) is 0 Å². The molecule has 0 N–H and O–H groups in total. The molecule has 3 aromatic rings. The maximum atomic E-state index is 12.6. The van der Waals surface area contributed by atoms with Gasteiger partial charge in [0.1, 0.15) is 0 Å². The van der Waals surface area contributed by atoms with Crippen LogP contribution in [0, 0.1) is 5.92 Å². The molecule has 1 atom stereocenters. The average molecular weight is 402 g/mol. The molecule has 0 radical (unpaired) electrons. The van der Waals surface area contributed by atoms with Crippen molar-refractivity contribution in [1.29, 1.82) is 0 Å². The zero-order valence-electron chi connectivity index (χ0n) is 18.0. The highest BCUT2D eigenvalue weighted by Gasteiger charge is 2.27. The van der Waals surface area contributed by atoms with Crippen molar-refractivity contribution in [1.82, 2.24) is 14.7 Å². The molecule has 0 spiro atoms. The second-order valence-corrected chi connectivity index (χ2v) is 8.42. The molecule has 0 bridgehead atoms. The largest absolute Gasteiger partial charge is 0.343 e. The van der Waals surface area contributed by atoms with Gasteiger partial charge in [0.05, 0.1) is 17.4 Å². The van der Waals surface area contributed by atoms with E-state index in [0.29, 0.717) is 24.3 Å². The van der Waals surface area contributed by atoms with Crippen molar-refractivity contribution in [2.75, 3.05) is 13.1 Å². The standard InChI is InChI=1S/C26H31N3O/c1-3-20(2)18-26(30)28-16-14-23(15-17-28)29-25(22-12-8-5-9-13-22)19-24(27-29)21-10-6-4-7-11-21/h4-13,19-20,23H,3,14-18H2,1-2H3. The summed E-state index contributed by atoms with van der Waals surface area (Å²) in [7, 11) is 0. The fraction of sp³-hybridized carbons (Fsp3) is 0.385. The Balaban J connectivity index is 1.56. The zero-order valence-corrected chi connectivity index (χ0v) is 18.0. The van der Waals surface area contributed by atoms with E-state index in [2.05, 4.69) is 73.1 Å². The molecule has 4 rings (SSSR count). The molecular weight excluding hydrogens is 370 g/mol. The van der Waals surface area contributed by atoms with Gasteiger partial charge in [-0.25, -0.2) is 0 Å². The maximum Gasteiger partial charge on any atom is 0.222 e. The van der Waals surface area contributed by atoms with Gasteiger partial charge >= 0.3 is 0 Å². The zero-order chi connectivity index (χ0) is 20.9. The van der Waals surface area contributed by atoms with Crippen LogP contribution in [0.15, 0.2) is 66.7 Å². The Bertz CT molecular complexity index is 956. The number of aromatic nitrogens is 2. The summed E-state index contributed by atoms with van der Waals surface area (Å²) < 4.78 is 2.20. The molecule has 1 aliphatic rings. The molecule has 0 aliphatic carbocycles. The van der Waals surface area contributed by atoms with E-state index in [4.69, 9.17) is 5.10 Å². The van der Waals surface area contributed by atoms with E-state index >= 15 is 0 Å². The van der Waals surface area contributed by atoms with Gasteiger partial charge in [-0.05, 0) is 30.4 Å². The number of hydrogen-bond acceptors (Lipinski definition) is 2. The molecule has 0 saturated carbocycles. The predicted octanol–water partition coefficient (Wildman–Crippen LogP) is 5.82. The van der Waals surface area contributed by atoms with Crippen LogP contribution in [0.25, 0.3) is 22.5 Å². The lowest BCUT2D eigenvalue weighted by Gasteiger charge is -2.33. The van der Waals surface area contributed by atoms with Crippen LogP contribution in [0.2, 0.25) is 0 Å². The Morgan fingerprint density at radius 2 is 1.60 bits per heavy atom. The van der Waals surface area contributed by atoms with E-state index in [1.807, 2.05) is 17.0 Å². The van der Waals surface area contributed by atoms with Crippen LogP contribution < -0.4 is 0 Å². The van der Waals surface area contributed by atoms with Crippen LogP contribution in [0.3, 0.4) is 0 Å². The third-order valence-electron chi connectivity index (χ3n) is 6.26. The topological polar surface area (TPSA) is 38.1 Å². The molecule has 1 saturated heterocycles. The van der Waals surface area contributed by atoms with Gasteiger partial charge in [0.2, 0.25) is 5.91 Å². The molecule has 4 nitrogen and oxygen atoms in total. The third kappa shape index (κ3) is 4.48. The summed E-state index contributed by atoms with van der Waals surface area (Å²) in [6.07, 6.45) is 3.61. The summed E-state index contributed by atoms with van der Waals surface area (Å²) in [6.45, 7) is 5.94. The van der Waals surface area contributed by atoms with Crippen molar-refractivity contribution in [2.24, 2.45) is 5.92 Å². The van der Waals surface area contributed by atoms with E-state index in [1.165, 1.54) is 5.56 Å². The minimum Gasteiger partial charge on any atom is -0.343 e. The summed E-state index contributed by atoms with van der Waals surface area (Å²) in [6, 6.07) is 23.4. The van der Waals surface area contributed by atoms with Crippen LogP contribution >= 0.6 is 0 Å². The molecule has 1 unspecified atom stereocenters. The van der Waals surface area contributed by atoms with Gasteiger partial charge in [0.15, 0.2) is 0 Å². The van der Waals surface area contributed by atoms with Crippen molar-refractivity contribution in [3.8, 4) is 22.5 Å². The Morgan fingerprint density at radius 1 is 1.00 bits per heavy atom. The van der Waals surface area contributed by atoms with Gasteiger partial charge in [-0.1, -0.05) is 80.9 Å². The van der Waals surface area contributed by atoms with Gasteiger partial charge in [-0.15, -0.1) is 0 Å². The Labute approximate surface area is 179 Å². The highest BCUT2D eigenvalue weighted by Crippen LogP contribution is 2.32. The molecular formula is C26H31N3O. The molecule has 4 heteroatoms. The summed E-state index contributed by atoms with van der Waals surface area (Å²) in [4.78, 5) is 14.6. The van der Waals surface area contributed by atoms with Crippen molar-refractivity contribution in [3.05, 3.63) is 66.7 Å². The number of likely N-dealkylation sites (tertiary alicyclic amines) is 1. The number of amides is 1. The number of piperidine rings is 1. The maximum absolute atomic E-state index is 12.6. The second kappa shape index (κ2) is 9.29. The molecule has 1 aromatic heterocycles. The van der Waals surface area contributed by atoms with Crippen molar-refractivity contribution < 1.29 is 4.79 Å². The van der Waals surface area contributed by atoms with Gasteiger partial charge in [0, 0.05) is 25.1 Å². The normalized spacial score (nSPS) is 15.9. The SMILES string of the molecule is CCC(C)CC(=O)N1CCC(n2nc(-c3ccccc3)cc2-c2ccccc2)CC1. The van der Waals surface area contributed by atoms with E-state index in [-0.39, 0.29) is 0 Å². The number of hydrogen-bond donors (Lipinski definition) is 0. The van der Waals surface area contributed by atoms with E-state index in [0.717, 1.165) is 49.3 Å². The Morgan fingerprint density at radius 3 is 2.20 bits per heavy atom. The summed E-state index contributed by atoms with van der Waals surface area (Å²) >= 11 is 0. The lowest BCUT2D eigenvalue weighted by molar-refractivity contribution is -0.133. The average Bonchev–Trinajstić information content (AvgIpc) is 3.26. The lowest BCUT2D eigenvalue weighted by atomic mass is 10.0. The van der Waals surface area contributed by atoms with E-state index in [1.54, 1.807) is 0 Å². The van der Waals surface area contributed by atoms with E-state index in [9.17, 15) is 4.79 Å². The summed E-state index contributed by atoms with van der Waals surface area (Å²) in [5.41, 5.74) is 4.47. The Hall–Kier alpha value is -2.88. The smallest absolute Gasteiger partial charge is 0.222 e. The third-order valence-corrected chi connectivity index (χ3v) is 6.26. The molecule has 30 heavy (non-hydrogen) atoms. The number of carbonyl (C=O) groups excluding carboxylic acids is 1.